The lowest BCUT2D eigenvalue weighted by Crippen LogP contribution is -2.49. The average molecular weight is 558 g/mol. The summed E-state index contributed by atoms with van der Waals surface area (Å²) >= 11 is 1.49. The van der Waals surface area contributed by atoms with Crippen molar-refractivity contribution in [1.82, 2.24) is 14.7 Å². The van der Waals surface area contributed by atoms with Gasteiger partial charge in [0.2, 0.25) is 5.91 Å². The van der Waals surface area contributed by atoms with Crippen molar-refractivity contribution in [1.29, 1.82) is 5.26 Å². The number of carbonyl (C=O) groups excluding carboxylic acids is 3. The quantitative estimate of drug-likeness (QED) is 0.272. The van der Waals surface area contributed by atoms with Crippen molar-refractivity contribution >= 4 is 35.2 Å². The summed E-state index contributed by atoms with van der Waals surface area (Å²) in [4.78, 5) is 43.6. The predicted molar refractivity (Wildman–Crippen MR) is 151 cm³/mol. The Balaban J connectivity index is 1.46. The van der Waals surface area contributed by atoms with Crippen molar-refractivity contribution in [2.24, 2.45) is 5.92 Å². The zero-order valence-corrected chi connectivity index (χ0v) is 23.7. The van der Waals surface area contributed by atoms with Crippen molar-refractivity contribution in [3.63, 3.8) is 0 Å². The van der Waals surface area contributed by atoms with Crippen molar-refractivity contribution in [2.75, 3.05) is 64.3 Å². The van der Waals surface area contributed by atoms with Crippen molar-refractivity contribution in [2.45, 2.75) is 37.3 Å². The molecular weight excluding hydrogens is 518 g/mol. The van der Waals surface area contributed by atoms with Gasteiger partial charge in [0.25, 0.3) is 5.91 Å². The van der Waals surface area contributed by atoms with Crippen LogP contribution in [-0.2, 0) is 19.1 Å². The van der Waals surface area contributed by atoms with Crippen LogP contribution in [0.25, 0.3) is 0 Å². The van der Waals surface area contributed by atoms with E-state index in [-0.39, 0.29) is 42.1 Å². The van der Waals surface area contributed by atoms with E-state index in [4.69, 9.17) is 9.47 Å². The van der Waals surface area contributed by atoms with Crippen molar-refractivity contribution in [3.8, 4) is 11.8 Å². The Bertz CT molecular complexity index is 1040. The summed E-state index contributed by atoms with van der Waals surface area (Å²) in [7, 11) is 0. The molecule has 0 saturated carbocycles. The van der Waals surface area contributed by atoms with Crippen LogP contribution in [0.5, 0.6) is 5.75 Å². The van der Waals surface area contributed by atoms with Gasteiger partial charge < -0.3 is 29.5 Å². The Kier molecular flexibility index (Phi) is 12.0. The molecule has 1 aromatic carbocycles. The molecule has 10 nitrogen and oxygen atoms in total. The summed E-state index contributed by atoms with van der Waals surface area (Å²) in [6.45, 7) is 12.9. The summed E-state index contributed by atoms with van der Waals surface area (Å²) in [5.74, 6) is -0.912. The molecule has 2 saturated heterocycles. The topological polar surface area (TPSA) is 115 Å². The summed E-state index contributed by atoms with van der Waals surface area (Å²) in [5.41, 5.74) is 0.838. The zero-order chi connectivity index (χ0) is 28.2. The SMILES string of the molecule is C=CCOC(=O)C(C#N)CC1SC(CCNc2cccc(OCC(=O)N3CCN(CC)CC3)c2)C(=O)N1CC. The van der Waals surface area contributed by atoms with E-state index in [1.165, 1.54) is 17.8 Å². The number of hydrogen-bond donors (Lipinski definition) is 1. The lowest BCUT2D eigenvalue weighted by Gasteiger charge is -2.33. The van der Waals surface area contributed by atoms with Gasteiger partial charge in [-0.1, -0.05) is 25.6 Å². The minimum absolute atomic E-state index is 0.00184. The molecule has 3 unspecified atom stereocenters. The molecule has 2 heterocycles. The van der Waals surface area contributed by atoms with Gasteiger partial charge in [0, 0.05) is 57.4 Å². The van der Waals surface area contributed by atoms with E-state index in [2.05, 4.69) is 23.7 Å². The van der Waals surface area contributed by atoms with Crippen LogP contribution in [0.4, 0.5) is 5.69 Å². The molecule has 39 heavy (non-hydrogen) atoms. The first-order chi connectivity index (χ1) is 18.9. The van der Waals surface area contributed by atoms with Gasteiger partial charge in [-0.2, -0.15) is 5.26 Å². The Morgan fingerprint density at radius 3 is 2.69 bits per heavy atom. The number of likely N-dealkylation sites (N-methyl/N-ethyl adjacent to an activating group) is 1. The average Bonchev–Trinajstić information content (AvgIpc) is 3.26. The highest BCUT2D eigenvalue weighted by Gasteiger charge is 2.41. The van der Waals surface area contributed by atoms with Crippen LogP contribution in [0.2, 0.25) is 0 Å². The highest BCUT2D eigenvalue weighted by Crippen LogP contribution is 2.37. The fourth-order valence-corrected chi connectivity index (χ4v) is 6.21. The molecule has 212 valence electrons. The first kappa shape index (κ1) is 30.3. The van der Waals surface area contributed by atoms with Gasteiger partial charge in [0.1, 0.15) is 18.3 Å². The Labute approximate surface area is 235 Å². The Morgan fingerprint density at radius 1 is 1.26 bits per heavy atom. The number of piperazine rings is 1. The number of benzene rings is 1. The first-order valence-electron chi connectivity index (χ1n) is 13.5. The lowest BCUT2D eigenvalue weighted by molar-refractivity contribution is -0.146. The number of anilines is 1. The monoisotopic (exact) mass is 557 g/mol. The molecule has 11 heteroatoms. The van der Waals surface area contributed by atoms with Crippen LogP contribution in [0.15, 0.2) is 36.9 Å². The zero-order valence-electron chi connectivity index (χ0n) is 22.8. The number of carbonyl (C=O) groups is 3. The molecule has 2 amide bonds. The first-order valence-corrected chi connectivity index (χ1v) is 14.4. The lowest BCUT2D eigenvalue weighted by atomic mass is 10.1. The normalized spacial score (nSPS) is 20.3. The molecule has 2 aliphatic rings. The van der Waals surface area contributed by atoms with Crippen molar-refractivity contribution in [3.05, 3.63) is 36.9 Å². The minimum atomic E-state index is -0.934. The maximum absolute atomic E-state index is 13.0. The molecule has 1 aromatic rings. The molecule has 2 fully saturated rings. The molecule has 0 radical (unpaired) electrons. The predicted octanol–water partition coefficient (Wildman–Crippen LogP) is 2.58. The van der Waals surface area contributed by atoms with Crippen molar-refractivity contribution < 1.29 is 23.9 Å². The second-order valence-corrected chi connectivity index (χ2v) is 10.8. The highest BCUT2D eigenvalue weighted by molar-refractivity contribution is 8.01. The third-order valence-electron chi connectivity index (χ3n) is 6.89. The molecule has 0 spiro atoms. The van der Waals surface area contributed by atoms with Crippen LogP contribution in [0.1, 0.15) is 26.7 Å². The van der Waals surface area contributed by atoms with Gasteiger partial charge in [-0.15, -0.1) is 11.8 Å². The fourth-order valence-electron chi connectivity index (χ4n) is 4.62. The van der Waals surface area contributed by atoms with Gasteiger partial charge in [0.15, 0.2) is 6.61 Å². The molecule has 2 aliphatic heterocycles. The van der Waals surface area contributed by atoms with Gasteiger partial charge >= 0.3 is 5.97 Å². The van der Waals surface area contributed by atoms with E-state index >= 15 is 0 Å². The highest BCUT2D eigenvalue weighted by atomic mass is 32.2. The van der Waals surface area contributed by atoms with E-state index < -0.39 is 11.9 Å². The van der Waals surface area contributed by atoms with Gasteiger partial charge in [-0.05, 0) is 32.0 Å². The summed E-state index contributed by atoms with van der Waals surface area (Å²) in [5, 5.41) is 12.3. The summed E-state index contributed by atoms with van der Waals surface area (Å²) in [6.07, 6.45) is 2.27. The van der Waals surface area contributed by atoms with E-state index in [9.17, 15) is 19.6 Å². The van der Waals surface area contributed by atoms with Gasteiger partial charge in [-0.25, -0.2) is 0 Å². The smallest absolute Gasteiger partial charge is 0.323 e. The number of rotatable bonds is 14. The summed E-state index contributed by atoms with van der Waals surface area (Å²) in [6, 6.07) is 9.45. The van der Waals surface area contributed by atoms with Gasteiger partial charge in [0.05, 0.1) is 16.7 Å². The molecule has 3 rings (SSSR count). The number of nitriles is 1. The van der Waals surface area contributed by atoms with Crippen LogP contribution >= 0.6 is 11.8 Å². The Hall–Kier alpha value is -3.23. The molecule has 0 aliphatic carbocycles. The molecule has 3 atom stereocenters. The largest absolute Gasteiger partial charge is 0.484 e. The van der Waals surface area contributed by atoms with E-state index in [1.807, 2.05) is 42.2 Å². The maximum atomic E-state index is 13.0. The van der Waals surface area contributed by atoms with Gasteiger partial charge in [-0.3, -0.25) is 14.4 Å². The standard InChI is InChI=1S/C28H39N5O5S/c1-4-16-37-28(36)21(19-29)17-26-33(6-3)27(35)24(39-26)10-11-30-22-8-7-9-23(18-22)38-20-25(34)32-14-12-31(5-2)13-15-32/h4,7-9,18,21,24,26,30H,1,5-6,10-17,20H2,2-3H3. The van der Waals surface area contributed by atoms with Crippen LogP contribution in [0.3, 0.4) is 0 Å². The van der Waals surface area contributed by atoms with Crippen LogP contribution in [0, 0.1) is 17.2 Å². The van der Waals surface area contributed by atoms with E-state index in [0.29, 0.717) is 25.3 Å². The number of ether oxygens (including phenoxy) is 2. The second-order valence-electron chi connectivity index (χ2n) is 9.39. The molecular formula is C28H39N5O5S. The van der Waals surface area contributed by atoms with E-state index in [1.54, 1.807) is 4.90 Å². The molecule has 1 N–H and O–H groups in total. The minimum Gasteiger partial charge on any atom is -0.484 e. The number of nitrogens with zero attached hydrogens (tertiary/aromatic N) is 4. The third kappa shape index (κ3) is 8.63. The number of esters is 1. The second kappa shape index (κ2) is 15.4. The Morgan fingerprint density at radius 2 is 2.03 bits per heavy atom. The third-order valence-corrected chi connectivity index (χ3v) is 8.42. The molecule has 0 bridgehead atoms. The number of nitrogens with one attached hydrogen (secondary N) is 1. The fraction of sp³-hybridized carbons (Fsp3) is 0.571. The maximum Gasteiger partial charge on any atom is 0.323 e. The van der Waals surface area contributed by atoms with Crippen LogP contribution < -0.4 is 10.1 Å². The molecule has 0 aromatic heterocycles. The number of thioether (sulfide) groups is 1. The number of hydrogen-bond acceptors (Lipinski definition) is 9. The van der Waals surface area contributed by atoms with E-state index in [0.717, 1.165) is 38.4 Å². The van der Waals surface area contributed by atoms with Crippen LogP contribution in [-0.4, -0.2) is 102 Å². The number of amides is 2. The summed E-state index contributed by atoms with van der Waals surface area (Å²) < 4.78 is 10.8.